The molecule has 0 saturated carbocycles. The van der Waals surface area contributed by atoms with E-state index in [0.717, 1.165) is 18.2 Å². The van der Waals surface area contributed by atoms with Crippen molar-refractivity contribution < 1.29 is 8.78 Å². The lowest BCUT2D eigenvalue weighted by Gasteiger charge is -2.06. The number of rotatable bonds is 1. The van der Waals surface area contributed by atoms with Crippen LogP contribution in [0.3, 0.4) is 0 Å². The molecule has 16 heavy (non-hydrogen) atoms. The van der Waals surface area contributed by atoms with Crippen molar-refractivity contribution in [2.45, 2.75) is 6.92 Å². The van der Waals surface area contributed by atoms with Crippen LogP contribution in [0.15, 0.2) is 24.4 Å². The van der Waals surface area contributed by atoms with Gasteiger partial charge >= 0.3 is 0 Å². The summed E-state index contributed by atoms with van der Waals surface area (Å²) in [4.78, 5) is 7.65. The Hall–Kier alpha value is -1.55. The molecule has 2 rings (SSSR count). The zero-order chi connectivity index (χ0) is 11.7. The molecule has 5 heteroatoms. The van der Waals surface area contributed by atoms with E-state index in [2.05, 4.69) is 9.97 Å². The van der Waals surface area contributed by atoms with Gasteiger partial charge in [0.15, 0.2) is 0 Å². The normalized spacial score (nSPS) is 10.5. The Morgan fingerprint density at radius 2 is 2.00 bits per heavy atom. The van der Waals surface area contributed by atoms with Gasteiger partial charge in [0.2, 0.25) is 5.28 Å². The molecule has 0 aliphatic rings. The first-order chi connectivity index (χ1) is 7.58. The molecule has 82 valence electrons. The minimum absolute atomic E-state index is 0.00395. The standard InChI is InChI=1S/C11H7ClF2N2/c1-6-5-15-11(12)16-10(6)8-4-7(13)2-3-9(8)14/h2-5H,1H3. The Bertz CT molecular complexity index is 494. The van der Waals surface area contributed by atoms with Crippen molar-refractivity contribution in [3.05, 3.63) is 46.9 Å². The lowest BCUT2D eigenvalue weighted by atomic mass is 10.1. The number of halogens is 3. The molecule has 0 aliphatic carbocycles. The largest absolute Gasteiger partial charge is 0.226 e. The maximum atomic E-state index is 13.5. The second-order valence-electron chi connectivity index (χ2n) is 3.29. The van der Waals surface area contributed by atoms with Crippen molar-refractivity contribution in [1.82, 2.24) is 9.97 Å². The molecule has 0 atom stereocenters. The molecule has 2 aromatic rings. The van der Waals surface area contributed by atoms with Gasteiger partial charge in [0.1, 0.15) is 11.6 Å². The highest BCUT2D eigenvalue weighted by molar-refractivity contribution is 6.28. The molecular weight excluding hydrogens is 234 g/mol. The minimum Gasteiger partial charge on any atom is -0.226 e. The van der Waals surface area contributed by atoms with Crippen LogP contribution in [0, 0.1) is 18.6 Å². The zero-order valence-electron chi connectivity index (χ0n) is 8.34. The quantitative estimate of drug-likeness (QED) is 0.714. The maximum absolute atomic E-state index is 13.5. The first-order valence-corrected chi connectivity index (χ1v) is 4.90. The lowest BCUT2D eigenvalue weighted by molar-refractivity contribution is 0.602. The van der Waals surface area contributed by atoms with Crippen LogP contribution >= 0.6 is 11.6 Å². The molecule has 0 spiro atoms. The van der Waals surface area contributed by atoms with E-state index in [1.54, 1.807) is 6.92 Å². The van der Waals surface area contributed by atoms with E-state index >= 15 is 0 Å². The van der Waals surface area contributed by atoms with E-state index in [9.17, 15) is 8.78 Å². The molecule has 1 aromatic heterocycles. The van der Waals surface area contributed by atoms with Crippen LogP contribution in [0.2, 0.25) is 5.28 Å². The van der Waals surface area contributed by atoms with E-state index in [4.69, 9.17) is 11.6 Å². The van der Waals surface area contributed by atoms with E-state index in [1.165, 1.54) is 6.20 Å². The molecule has 0 unspecified atom stereocenters. The van der Waals surface area contributed by atoms with Gasteiger partial charge in [-0.3, -0.25) is 0 Å². The second kappa shape index (κ2) is 4.14. The molecule has 0 saturated heterocycles. The predicted octanol–water partition coefficient (Wildman–Crippen LogP) is 3.38. The van der Waals surface area contributed by atoms with Crippen LogP contribution in [-0.4, -0.2) is 9.97 Å². The third-order valence-electron chi connectivity index (χ3n) is 2.13. The molecule has 0 aliphatic heterocycles. The van der Waals surface area contributed by atoms with E-state index in [1.807, 2.05) is 0 Å². The monoisotopic (exact) mass is 240 g/mol. The number of benzene rings is 1. The maximum Gasteiger partial charge on any atom is 0.222 e. The smallest absolute Gasteiger partial charge is 0.222 e. The van der Waals surface area contributed by atoms with Gasteiger partial charge < -0.3 is 0 Å². The van der Waals surface area contributed by atoms with Crippen molar-refractivity contribution in [2.75, 3.05) is 0 Å². The summed E-state index contributed by atoms with van der Waals surface area (Å²) in [5.74, 6) is -1.06. The summed E-state index contributed by atoms with van der Waals surface area (Å²) in [5.41, 5.74) is 1.02. The van der Waals surface area contributed by atoms with Gasteiger partial charge in [-0.05, 0) is 42.3 Å². The number of nitrogens with zero attached hydrogens (tertiary/aromatic N) is 2. The number of hydrogen-bond donors (Lipinski definition) is 0. The van der Waals surface area contributed by atoms with Crippen molar-refractivity contribution in [1.29, 1.82) is 0 Å². The van der Waals surface area contributed by atoms with E-state index in [0.29, 0.717) is 11.3 Å². The summed E-state index contributed by atoms with van der Waals surface area (Å²) in [6.45, 7) is 1.70. The van der Waals surface area contributed by atoms with Crippen molar-refractivity contribution in [2.24, 2.45) is 0 Å². The predicted molar refractivity (Wildman–Crippen MR) is 57.1 cm³/mol. The number of hydrogen-bond acceptors (Lipinski definition) is 2. The van der Waals surface area contributed by atoms with Gasteiger partial charge in [-0.1, -0.05) is 0 Å². The highest BCUT2D eigenvalue weighted by atomic mass is 35.5. The van der Waals surface area contributed by atoms with Crippen molar-refractivity contribution in [3.8, 4) is 11.3 Å². The molecule has 0 amide bonds. The van der Waals surface area contributed by atoms with Gasteiger partial charge in [-0.2, -0.15) is 0 Å². The third-order valence-corrected chi connectivity index (χ3v) is 2.31. The van der Waals surface area contributed by atoms with Crippen LogP contribution < -0.4 is 0 Å². The van der Waals surface area contributed by atoms with E-state index < -0.39 is 11.6 Å². The summed E-state index contributed by atoms with van der Waals surface area (Å²) in [7, 11) is 0. The van der Waals surface area contributed by atoms with Gasteiger partial charge in [-0.15, -0.1) is 0 Å². The molecule has 2 nitrogen and oxygen atoms in total. The van der Waals surface area contributed by atoms with Gasteiger partial charge in [0.25, 0.3) is 0 Å². The van der Waals surface area contributed by atoms with Crippen LogP contribution in [0.25, 0.3) is 11.3 Å². The number of aryl methyl sites for hydroxylation is 1. The molecule has 0 N–H and O–H groups in total. The van der Waals surface area contributed by atoms with Crippen LogP contribution in [0.1, 0.15) is 5.56 Å². The van der Waals surface area contributed by atoms with Crippen molar-refractivity contribution in [3.63, 3.8) is 0 Å². The van der Waals surface area contributed by atoms with Crippen LogP contribution in [-0.2, 0) is 0 Å². The fraction of sp³-hybridized carbons (Fsp3) is 0.0909. The van der Waals surface area contributed by atoms with Gasteiger partial charge in [0, 0.05) is 11.8 Å². The molecular formula is C11H7ClF2N2. The summed E-state index contributed by atoms with van der Waals surface area (Å²) in [6.07, 6.45) is 1.47. The Kier molecular flexibility index (Phi) is 2.83. The fourth-order valence-electron chi connectivity index (χ4n) is 1.37. The molecule has 0 bridgehead atoms. The summed E-state index contributed by atoms with van der Waals surface area (Å²) >= 11 is 5.62. The van der Waals surface area contributed by atoms with Gasteiger partial charge in [0.05, 0.1) is 5.69 Å². The minimum atomic E-state index is -0.542. The zero-order valence-corrected chi connectivity index (χ0v) is 9.09. The van der Waals surface area contributed by atoms with Crippen LogP contribution in [0.4, 0.5) is 8.78 Å². The first kappa shape index (κ1) is 11.0. The summed E-state index contributed by atoms with van der Waals surface area (Å²) in [6, 6.07) is 3.19. The second-order valence-corrected chi connectivity index (χ2v) is 3.63. The Morgan fingerprint density at radius 3 is 2.75 bits per heavy atom. The summed E-state index contributed by atoms with van der Waals surface area (Å²) < 4.78 is 26.5. The summed E-state index contributed by atoms with van der Waals surface area (Å²) in [5, 5.41) is 0.00395. The first-order valence-electron chi connectivity index (χ1n) is 4.52. The molecule has 1 aromatic carbocycles. The van der Waals surface area contributed by atoms with Gasteiger partial charge in [-0.25, -0.2) is 18.7 Å². The van der Waals surface area contributed by atoms with E-state index in [-0.39, 0.29) is 10.8 Å². The SMILES string of the molecule is Cc1cnc(Cl)nc1-c1cc(F)ccc1F. The highest BCUT2D eigenvalue weighted by Gasteiger charge is 2.11. The highest BCUT2D eigenvalue weighted by Crippen LogP contribution is 2.25. The topological polar surface area (TPSA) is 25.8 Å². The Morgan fingerprint density at radius 1 is 1.25 bits per heavy atom. The Balaban J connectivity index is 2.66. The average Bonchev–Trinajstić information content (AvgIpc) is 2.25. The molecule has 1 heterocycles. The fourth-order valence-corrected chi connectivity index (χ4v) is 1.51. The number of aromatic nitrogens is 2. The molecule has 0 radical (unpaired) electrons. The van der Waals surface area contributed by atoms with Crippen molar-refractivity contribution >= 4 is 11.6 Å². The Labute approximate surface area is 95.9 Å². The lowest BCUT2D eigenvalue weighted by Crippen LogP contribution is -1.95. The van der Waals surface area contributed by atoms with Crippen LogP contribution in [0.5, 0.6) is 0 Å². The third kappa shape index (κ3) is 2.02. The molecule has 0 fully saturated rings. The average molecular weight is 241 g/mol.